The van der Waals surface area contributed by atoms with Gasteiger partial charge in [0.05, 0.1) is 5.56 Å². The van der Waals surface area contributed by atoms with Gasteiger partial charge in [0.2, 0.25) is 0 Å². The third kappa shape index (κ3) is 6.89. The lowest BCUT2D eigenvalue weighted by atomic mass is 9.83. The third-order valence-electron chi connectivity index (χ3n) is 7.54. The molecule has 1 saturated heterocycles. The lowest BCUT2D eigenvalue weighted by molar-refractivity contribution is 0.0852. The number of unbranched alkanes of at least 4 members (excludes halogenated alkanes) is 3. The van der Waals surface area contributed by atoms with Gasteiger partial charge in [0.25, 0.3) is 5.91 Å². The number of amides is 1. The molecule has 6 nitrogen and oxygen atoms in total. The molecule has 2 fully saturated rings. The van der Waals surface area contributed by atoms with Crippen LogP contribution in [-0.4, -0.2) is 51.2 Å². The number of rotatable bonds is 10. The van der Waals surface area contributed by atoms with Crippen molar-refractivity contribution in [2.45, 2.75) is 83.6 Å². The summed E-state index contributed by atoms with van der Waals surface area (Å²) in [5.41, 5.74) is 0.625. The molecule has 33 heavy (non-hydrogen) atoms. The first-order valence-corrected chi connectivity index (χ1v) is 13.2. The Labute approximate surface area is 199 Å². The van der Waals surface area contributed by atoms with Gasteiger partial charge in [-0.25, -0.2) is 9.67 Å². The van der Waals surface area contributed by atoms with Crippen LogP contribution in [-0.2, 0) is 0 Å². The molecule has 3 heterocycles. The van der Waals surface area contributed by atoms with E-state index in [-0.39, 0.29) is 11.9 Å². The predicted molar refractivity (Wildman–Crippen MR) is 132 cm³/mol. The van der Waals surface area contributed by atoms with Crippen molar-refractivity contribution in [3.63, 3.8) is 0 Å². The van der Waals surface area contributed by atoms with E-state index in [0.717, 1.165) is 24.7 Å². The molecule has 1 amide bonds. The quantitative estimate of drug-likeness (QED) is 0.502. The van der Waals surface area contributed by atoms with Crippen LogP contribution in [0.4, 0.5) is 0 Å². The number of nitrogens with one attached hydrogen (secondary N) is 1. The van der Waals surface area contributed by atoms with E-state index in [9.17, 15) is 4.79 Å². The van der Waals surface area contributed by atoms with Crippen molar-refractivity contribution < 1.29 is 4.79 Å². The lowest BCUT2D eigenvalue weighted by Crippen LogP contribution is -2.48. The van der Waals surface area contributed by atoms with E-state index in [2.05, 4.69) is 27.2 Å². The van der Waals surface area contributed by atoms with E-state index in [1.54, 1.807) is 17.1 Å². The van der Waals surface area contributed by atoms with Crippen molar-refractivity contribution in [1.82, 2.24) is 25.0 Å². The van der Waals surface area contributed by atoms with Gasteiger partial charge in [-0.2, -0.15) is 5.10 Å². The van der Waals surface area contributed by atoms with Crippen molar-refractivity contribution in [2.24, 2.45) is 11.8 Å². The van der Waals surface area contributed by atoms with E-state index in [1.807, 2.05) is 24.4 Å². The standard InChI is InChI=1S/C27H41N5O/c1-2-3-4-5-10-22-11-8-17-31(20-22)21-24-12-6-7-13-25(24)30-27(33)23-14-15-26(28-19-23)32-18-9-16-29-32/h9,14-16,18-19,22,24-25H,2-8,10-13,17,20-21H2,1H3,(H,30,33)/t22?,24-,25?/m0/s1. The second kappa shape index (κ2) is 12.3. The maximum Gasteiger partial charge on any atom is 0.253 e. The summed E-state index contributed by atoms with van der Waals surface area (Å²) in [5, 5.41) is 7.56. The van der Waals surface area contributed by atoms with Crippen LogP contribution in [0.3, 0.4) is 0 Å². The minimum absolute atomic E-state index is 0.00106. The molecule has 2 unspecified atom stereocenters. The molecule has 1 aliphatic heterocycles. The number of pyridine rings is 1. The Morgan fingerprint density at radius 2 is 2.03 bits per heavy atom. The fraction of sp³-hybridized carbons (Fsp3) is 0.667. The van der Waals surface area contributed by atoms with Crippen molar-refractivity contribution in [3.8, 4) is 5.82 Å². The van der Waals surface area contributed by atoms with Crippen molar-refractivity contribution in [2.75, 3.05) is 19.6 Å². The molecule has 6 heteroatoms. The van der Waals surface area contributed by atoms with E-state index in [1.165, 1.54) is 77.3 Å². The first-order chi connectivity index (χ1) is 16.2. The van der Waals surface area contributed by atoms with Gasteiger partial charge in [0.1, 0.15) is 0 Å². The SMILES string of the molecule is CCCCCCC1CCCN(C[C@@H]2CCCCC2NC(=O)c2ccc(-n3cccn3)nc2)C1. The Balaban J connectivity index is 1.29. The average molecular weight is 452 g/mol. The molecule has 4 rings (SSSR count). The van der Waals surface area contributed by atoms with Crippen LogP contribution in [0.25, 0.3) is 5.82 Å². The number of aromatic nitrogens is 3. The summed E-state index contributed by atoms with van der Waals surface area (Å²) >= 11 is 0. The molecule has 2 aliphatic rings. The summed E-state index contributed by atoms with van der Waals surface area (Å²) in [6.07, 6.45) is 19.6. The van der Waals surface area contributed by atoms with Crippen molar-refractivity contribution in [3.05, 3.63) is 42.4 Å². The largest absolute Gasteiger partial charge is 0.349 e. The fourth-order valence-corrected chi connectivity index (χ4v) is 5.67. The lowest BCUT2D eigenvalue weighted by Gasteiger charge is -2.39. The first-order valence-electron chi connectivity index (χ1n) is 13.2. The van der Waals surface area contributed by atoms with Crippen LogP contribution in [0, 0.1) is 11.8 Å². The Morgan fingerprint density at radius 1 is 1.12 bits per heavy atom. The van der Waals surface area contributed by atoms with Gasteiger partial charge in [-0.1, -0.05) is 45.4 Å². The van der Waals surface area contributed by atoms with Crippen LogP contribution in [0.1, 0.15) is 87.9 Å². The molecular weight excluding hydrogens is 410 g/mol. The number of carbonyl (C=O) groups excluding carboxylic acids is 1. The third-order valence-corrected chi connectivity index (χ3v) is 7.54. The smallest absolute Gasteiger partial charge is 0.253 e. The molecule has 2 aromatic rings. The Bertz CT molecular complexity index is 835. The highest BCUT2D eigenvalue weighted by Crippen LogP contribution is 2.29. The van der Waals surface area contributed by atoms with Gasteiger partial charge < -0.3 is 10.2 Å². The monoisotopic (exact) mass is 451 g/mol. The van der Waals surface area contributed by atoms with E-state index in [0.29, 0.717) is 11.5 Å². The zero-order valence-corrected chi connectivity index (χ0v) is 20.3. The Hall–Kier alpha value is -2.21. The molecule has 1 saturated carbocycles. The van der Waals surface area contributed by atoms with Crippen LogP contribution in [0.5, 0.6) is 0 Å². The van der Waals surface area contributed by atoms with Gasteiger partial charge in [0, 0.05) is 37.7 Å². The number of hydrogen-bond donors (Lipinski definition) is 1. The van der Waals surface area contributed by atoms with Crippen LogP contribution in [0.15, 0.2) is 36.8 Å². The molecule has 0 radical (unpaired) electrons. The number of likely N-dealkylation sites (tertiary alicyclic amines) is 1. The van der Waals surface area contributed by atoms with Gasteiger partial charge in [-0.15, -0.1) is 0 Å². The molecule has 0 aromatic carbocycles. The van der Waals surface area contributed by atoms with E-state index < -0.39 is 0 Å². The molecular formula is C27H41N5O. The topological polar surface area (TPSA) is 63.1 Å². The van der Waals surface area contributed by atoms with Crippen molar-refractivity contribution >= 4 is 5.91 Å². The Morgan fingerprint density at radius 3 is 2.82 bits per heavy atom. The van der Waals surface area contributed by atoms with Crippen LogP contribution in [0.2, 0.25) is 0 Å². The number of hydrogen-bond acceptors (Lipinski definition) is 4. The highest BCUT2D eigenvalue weighted by Gasteiger charge is 2.30. The highest BCUT2D eigenvalue weighted by molar-refractivity contribution is 5.94. The number of carbonyl (C=O) groups is 1. The molecule has 180 valence electrons. The summed E-state index contributed by atoms with van der Waals surface area (Å²) in [7, 11) is 0. The molecule has 0 bridgehead atoms. The van der Waals surface area contributed by atoms with Gasteiger partial charge >= 0.3 is 0 Å². The zero-order valence-electron chi connectivity index (χ0n) is 20.3. The van der Waals surface area contributed by atoms with Crippen LogP contribution < -0.4 is 5.32 Å². The maximum atomic E-state index is 13.0. The summed E-state index contributed by atoms with van der Waals surface area (Å²) in [6.45, 7) is 5.89. The Kier molecular flexibility index (Phi) is 8.93. The average Bonchev–Trinajstić information content (AvgIpc) is 3.39. The van der Waals surface area contributed by atoms with Crippen LogP contribution >= 0.6 is 0 Å². The summed E-state index contributed by atoms with van der Waals surface area (Å²) in [5.74, 6) is 2.14. The predicted octanol–water partition coefficient (Wildman–Crippen LogP) is 5.24. The highest BCUT2D eigenvalue weighted by atomic mass is 16.1. The maximum absolute atomic E-state index is 13.0. The minimum Gasteiger partial charge on any atom is -0.349 e. The summed E-state index contributed by atoms with van der Waals surface area (Å²) in [6, 6.07) is 5.84. The normalized spacial score (nSPS) is 24.0. The molecule has 1 aliphatic carbocycles. The molecule has 1 N–H and O–H groups in total. The molecule has 3 atom stereocenters. The zero-order chi connectivity index (χ0) is 22.9. The fourth-order valence-electron chi connectivity index (χ4n) is 5.67. The second-order valence-electron chi connectivity index (χ2n) is 10.1. The second-order valence-corrected chi connectivity index (χ2v) is 10.1. The summed E-state index contributed by atoms with van der Waals surface area (Å²) in [4.78, 5) is 20.1. The summed E-state index contributed by atoms with van der Waals surface area (Å²) < 4.78 is 1.70. The number of nitrogens with zero attached hydrogens (tertiary/aromatic N) is 4. The first kappa shape index (κ1) is 23.9. The van der Waals surface area contributed by atoms with Gasteiger partial charge in [-0.05, 0) is 68.7 Å². The molecule has 2 aromatic heterocycles. The number of piperidine rings is 1. The van der Waals surface area contributed by atoms with E-state index >= 15 is 0 Å². The van der Waals surface area contributed by atoms with Crippen molar-refractivity contribution in [1.29, 1.82) is 0 Å². The minimum atomic E-state index is -0.00106. The molecule has 0 spiro atoms. The van der Waals surface area contributed by atoms with Gasteiger partial charge in [0.15, 0.2) is 5.82 Å². The van der Waals surface area contributed by atoms with Gasteiger partial charge in [-0.3, -0.25) is 4.79 Å². The van der Waals surface area contributed by atoms with E-state index in [4.69, 9.17) is 0 Å².